The molecule has 0 radical (unpaired) electrons. The second-order valence-corrected chi connectivity index (χ2v) is 9.06. The number of ether oxygens (including phenoxy) is 1. The number of carbonyl (C=O) groups excluding carboxylic acids is 1. The van der Waals surface area contributed by atoms with Crippen molar-refractivity contribution in [2.24, 2.45) is 0 Å². The summed E-state index contributed by atoms with van der Waals surface area (Å²) >= 11 is 6.07. The number of hydrogen-bond donors (Lipinski definition) is 0. The number of para-hydroxylation sites is 2. The molecule has 0 saturated carbocycles. The predicted octanol–water partition coefficient (Wildman–Crippen LogP) is 6.98. The van der Waals surface area contributed by atoms with Gasteiger partial charge in [0.15, 0.2) is 5.43 Å². The van der Waals surface area contributed by atoms with Crippen LogP contribution in [0.2, 0.25) is 5.02 Å². The van der Waals surface area contributed by atoms with Crippen LogP contribution in [-0.2, 0) is 6.54 Å². The first kappa shape index (κ1) is 22.1. The maximum absolute atomic E-state index is 13.7. The number of carbonyl (C=O) groups is 1. The highest BCUT2D eigenvalue weighted by Crippen LogP contribution is 2.40. The van der Waals surface area contributed by atoms with Gasteiger partial charge in [-0.15, -0.1) is 0 Å². The van der Waals surface area contributed by atoms with Crippen molar-refractivity contribution in [3.63, 3.8) is 0 Å². The van der Waals surface area contributed by atoms with Gasteiger partial charge in [0.2, 0.25) is 5.76 Å². The molecule has 176 valence electrons. The number of rotatable bonds is 5. The summed E-state index contributed by atoms with van der Waals surface area (Å²) in [5, 5.41) is 1.05. The molecule has 4 aromatic carbocycles. The zero-order valence-corrected chi connectivity index (χ0v) is 19.8. The van der Waals surface area contributed by atoms with Gasteiger partial charge in [-0.25, -0.2) is 0 Å². The van der Waals surface area contributed by atoms with Crippen LogP contribution in [0.5, 0.6) is 11.5 Å². The Morgan fingerprint density at radius 2 is 1.53 bits per heavy atom. The van der Waals surface area contributed by atoms with Gasteiger partial charge in [0.25, 0.3) is 5.91 Å². The van der Waals surface area contributed by atoms with Crippen molar-refractivity contribution in [3.8, 4) is 11.5 Å². The molecule has 1 unspecified atom stereocenters. The SMILES string of the molecule is O=C1c2oc3ccccc3c(=O)c2C(c2cccc(Oc3ccccc3)c2)N1Cc1ccc(Cl)cc1. The molecule has 0 saturated heterocycles. The minimum atomic E-state index is -0.636. The lowest BCUT2D eigenvalue weighted by Gasteiger charge is -2.25. The molecule has 5 nitrogen and oxygen atoms in total. The predicted molar refractivity (Wildman–Crippen MR) is 139 cm³/mol. The normalized spacial score (nSPS) is 14.8. The number of halogens is 1. The topological polar surface area (TPSA) is 59.8 Å². The van der Waals surface area contributed by atoms with E-state index in [0.717, 1.165) is 11.1 Å². The van der Waals surface area contributed by atoms with Crippen LogP contribution in [0.15, 0.2) is 112 Å². The van der Waals surface area contributed by atoms with E-state index in [1.807, 2.05) is 66.7 Å². The van der Waals surface area contributed by atoms with Gasteiger partial charge in [0.05, 0.1) is 17.0 Å². The Labute approximate surface area is 212 Å². The van der Waals surface area contributed by atoms with Crippen LogP contribution in [0.1, 0.15) is 33.3 Å². The largest absolute Gasteiger partial charge is 0.457 e. The third-order valence-corrected chi connectivity index (χ3v) is 6.54. The Balaban J connectivity index is 1.49. The van der Waals surface area contributed by atoms with E-state index in [0.29, 0.717) is 33.1 Å². The quantitative estimate of drug-likeness (QED) is 0.265. The van der Waals surface area contributed by atoms with E-state index in [9.17, 15) is 9.59 Å². The van der Waals surface area contributed by atoms with Crippen LogP contribution in [0.3, 0.4) is 0 Å². The minimum absolute atomic E-state index is 0.0760. The van der Waals surface area contributed by atoms with E-state index in [2.05, 4.69) is 0 Å². The molecule has 0 N–H and O–H groups in total. The summed E-state index contributed by atoms with van der Waals surface area (Å²) in [6, 6.07) is 30.6. The average Bonchev–Trinajstić information content (AvgIpc) is 3.18. The number of hydrogen-bond acceptors (Lipinski definition) is 4. The summed E-state index contributed by atoms with van der Waals surface area (Å²) < 4.78 is 12.1. The van der Waals surface area contributed by atoms with E-state index in [1.165, 1.54) is 0 Å². The van der Waals surface area contributed by atoms with E-state index in [4.69, 9.17) is 20.8 Å². The maximum atomic E-state index is 13.7. The average molecular weight is 494 g/mol. The molecule has 1 atom stereocenters. The lowest BCUT2D eigenvalue weighted by atomic mass is 9.98. The zero-order valence-electron chi connectivity index (χ0n) is 19.1. The first-order valence-corrected chi connectivity index (χ1v) is 11.9. The van der Waals surface area contributed by atoms with Crippen molar-refractivity contribution in [3.05, 3.63) is 141 Å². The smallest absolute Gasteiger partial charge is 0.291 e. The third-order valence-electron chi connectivity index (χ3n) is 6.29. The second-order valence-electron chi connectivity index (χ2n) is 8.62. The van der Waals surface area contributed by atoms with Crippen LogP contribution in [-0.4, -0.2) is 10.8 Å². The summed E-state index contributed by atoms with van der Waals surface area (Å²) in [4.78, 5) is 29.0. The molecule has 6 heteroatoms. The van der Waals surface area contributed by atoms with Gasteiger partial charge in [0, 0.05) is 11.6 Å². The third kappa shape index (κ3) is 3.93. The van der Waals surface area contributed by atoms with Gasteiger partial charge in [0.1, 0.15) is 17.1 Å². The number of fused-ring (bicyclic) bond motifs is 2. The summed E-state index contributed by atoms with van der Waals surface area (Å²) in [6.45, 7) is 0.282. The highest BCUT2D eigenvalue weighted by molar-refractivity contribution is 6.30. The lowest BCUT2D eigenvalue weighted by molar-refractivity contribution is 0.0714. The zero-order chi connectivity index (χ0) is 24.6. The van der Waals surface area contributed by atoms with Gasteiger partial charge in [-0.2, -0.15) is 0 Å². The number of amides is 1. The standard InChI is InChI=1S/C30H20ClNO4/c31-21-15-13-19(14-16-21)18-32-27(20-7-6-10-23(17-20)35-22-8-2-1-3-9-22)26-28(33)24-11-4-5-12-25(24)36-29(26)30(32)34/h1-17,27H,18H2. The van der Waals surface area contributed by atoms with Crippen molar-refractivity contribution in [1.29, 1.82) is 0 Å². The van der Waals surface area contributed by atoms with Gasteiger partial charge in [-0.3, -0.25) is 9.59 Å². The Kier molecular flexibility index (Phi) is 5.55. The van der Waals surface area contributed by atoms with Gasteiger partial charge in [-0.1, -0.05) is 66.2 Å². The first-order chi connectivity index (χ1) is 17.6. The van der Waals surface area contributed by atoms with Crippen molar-refractivity contribution in [2.75, 3.05) is 0 Å². The van der Waals surface area contributed by atoms with Crippen LogP contribution >= 0.6 is 11.6 Å². The molecule has 0 fully saturated rings. The molecule has 0 aliphatic carbocycles. The molecule has 1 amide bonds. The molecule has 1 aliphatic heterocycles. The Morgan fingerprint density at radius 3 is 2.33 bits per heavy atom. The molecule has 5 aromatic rings. The molecular formula is C30H20ClNO4. The molecular weight excluding hydrogens is 474 g/mol. The fourth-order valence-electron chi connectivity index (χ4n) is 4.64. The fraction of sp³-hybridized carbons (Fsp3) is 0.0667. The monoisotopic (exact) mass is 493 g/mol. The Bertz CT molecular complexity index is 1640. The number of nitrogens with zero attached hydrogens (tertiary/aromatic N) is 1. The molecule has 1 aromatic heterocycles. The molecule has 0 bridgehead atoms. The molecule has 2 heterocycles. The molecule has 36 heavy (non-hydrogen) atoms. The maximum Gasteiger partial charge on any atom is 0.291 e. The number of benzene rings is 4. The Hall–Kier alpha value is -4.35. The van der Waals surface area contributed by atoms with Crippen LogP contribution in [0.25, 0.3) is 11.0 Å². The molecule has 1 aliphatic rings. The van der Waals surface area contributed by atoms with E-state index in [-0.39, 0.29) is 23.6 Å². The summed E-state index contributed by atoms with van der Waals surface area (Å²) in [6.07, 6.45) is 0. The summed E-state index contributed by atoms with van der Waals surface area (Å²) in [7, 11) is 0. The van der Waals surface area contributed by atoms with E-state index < -0.39 is 6.04 Å². The minimum Gasteiger partial charge on any atom is -0.457 e. The lowest BCUT2D eigenvalue weighted by Crippen LogP contribution is -2.29. The van der Waals surface area contributed by atoms with Crippen LogP contribution in [0, 0.1) is 0 Å². The Morgan fingerprint density at radius 1 is 0.806 bits per heavy atom. The van der Waals surface area contributed by atoms with Gasteiger partial charge >= 0.3 is 0 Å². The van der Waals surface area contributed by atoms with Gasteiger partial charge in [-0.05, 0) is 59.7 Å². The van der Waals surface area contributed by atoms with E-state index >= 15 is 0 Å². The van der Waals surface area contributed by atoms with Crippen molar-refractivity contribution >= 4 is 28.5 Å². The molecule has 0 spiro atoms. The summed E-state index contributed by atoms with van der Waals surface area (Å²) in [5.41, 5.74) is 2.16. The highest BCUT2D eigenvalue weighted by atomic mass is 35.5. The fourth-order valence-corrected chi connectivity index (χ4v) is 4.76. The van der Waals surface area contributed by atoms with Crippen LogP contribution in [0.4, 0.5) is 0 Å². The van der Waals surface area contributed by atoms with Crippen molar-refractivity contribution < 1.29 is 13.9 Å². The van der Waals surface area contributed by atoms with Crippen molar-refractivity contribution in [1.82, 2.24) is 4.90 Å². The molecule has 6 rings (SSSR count). The summed E-state index contributed by atoms with van der Waals surface area (Å²) in [5.74, 6) is 1.05. The second kappa shape index (κ2) is 9.02. The highest BCUT2D eigenvalue weighted by Gasteiger charge is 2.42. The van der Waals surface area contributed by atoms with Gasteiger partial charge < -0.3 is 14.1 Å². The van der Waals surface area contributed by atoms with E-state index in [1.54, 1.807) is 41.3 Å². The van der Waals surface area contributed by atoms with Crippen molar-refractivity contribution in [2.45, 2.75) is 12.6 Å². The first-order valence-electron chi connectivity index (χ1n) is 11.5. The van der Waals surface area contributed by atoms with Crippen LogP contribution < -0.4 is 10.2 Å².